The predicted molar refractivity (Wildman–Crippen MR) is 129 cm³/mol. The highest BCUT2D eigenvalue weighted by Gasteiger charge is 2.27. The molecular weight excluding hydrogens is 440 g/mol. The van der Waals surface area contributed by atoms with Crippen LogP contribution in [0.3, 0.4) is 0 Å². The number of unbranched alkanes of at least 4 members (excludes halogenated alkanes) is 3. The standard InChI is InChI=1S/C25H29ClN4O3/c26-20-10-5-7-12-23(20)30-21-11-6-4-9-18(21)19-17-29(16-14-22(19)30)25(32)27-15-8-2-1-3-13-24(31)28-33/h4-7,9-12,33H,1-3,8,13-17H2,(H,27,32)(H,28,31). The average molecular weight is 469 g/mol. The van der Waals surface area contributed by atoms with E-state index in [0.29, 0.717) is 31.1 Å². The van der Waals surface area contributed by atoms with E-state index in [0.717, 1.165) is 48.7 Å². The Bertz CT molecular complexity index is 1140. The molecule has 0 bridgehead atoms. The quantitative estimate of drug-likeness (QED) is 0.252. The van der Waals surface area contributed by atoms with E-state index in [2.05, 4.69) is 22.0 Å². The molecule has 8 heteroatoms. The lowest BCUT2D eigenvalue weighted by Crippen LogP contribution is -2.43. The number of carbonyl (C=O) groups excluding carboxylic acids is 2. The number of hydroxylamine groups is 1. The molecular formula is C25H29ClN4O3. The smallest absolute Gasteiger partial charge is 0.317 e. The van der Waals surface area contributed by atoms with Crippen molar-refractivity contribution >= 4 is 34.4 Å². The maximum absolute atomic E-state index is 12.8. The summed E-state index contributed by atoms with van der Waals surface area (Å²) in [5.41, 5.74) is 6.09. The molecule has 0 atom stereocenters. The normalized spacial score (nSPS) is 13.1. The third-order valence-corrected chi connectivity index (χ3v) is 6.49. The summed E-state index contributed by atoms with van der Waals surface area (Å²) in [6.45, 7) is 1.82. The van der Waals surface area contributed by atoms with E-state index in [-0.39, 0.29) is 11.9 Å². The van der Waals surface area contributed by atoms with Gasteiger partial charge in [0.25, 0.3) is 0 Å². The Balaban J connectivity index is 1.40. The van der Waals surface area contributed by atoms with Crippen LogP contribution in [0.15, 0.2) is 48.5 Å². The molecule has 0 radical (unpaired) electrons. The number of benzene rings is 2. The Morgan fingerprint density at radius 3 is 2.58 bits per heavy atom. The van der Waals surface area contributed by atoms with Gasteiger partial charge in [-0.2, -0.15) is 0 Å². The molecule has 1 aliphatic heterocycles. The van der Waals surface area contributed by atoms with Crippen LogP contribution < -0.4 is 10.8 Å². The summed E-state index contributed by atoms with van der Waals surface area (Å²) in [6.07, 6.45) is 4.48. The summed E-state index contributed by atoms with van der Waals surface area (Å²) < 4.78 is 2.24. The number of amides is 3. The summed E-state index contributed by atoms with van der Waals surface area (Å²) in [5.74, 6) is -0.358. The third kappa shape index (κ3) is 5.15. The van der Waals surface area contributed by atoms with Gasteiger partial charge in [-0.3, -0.25) is 10.0 Å². The first-order chi connectivity index (χ1) is 16.1. The zero-order valence-electron chi connectivity index (χ0n) is 18.5. The van der Waals surface area contributed by atoms with Crippen LogP contribution in [0.5, 0.6) is 0 Å². The molecule has 1 aliphatic rings. The number of rotatable bonds is 8. The van der Waals surface area contributed by atoms with E-state index >= 15 is 0 Å². The molecule has 2 heterocycles. The number of aromatic nitrogens is 1. The van der Waals surface area contributed by atoms with Gasteiger partial charge in [-0.05, 0) is 31.0 Å². The zero-order chi connectivity index (χ0) is 23.2. The molecule has 0 saturated heterocycles. The number of hydrogen-bond acceptors (Lipinski definition) is 3. The topological polar surface area (TPSA) is 86.6 Å². The number of halogens is 1. The number of urea groups is 1. The second-order valence-electron chi connectivity index (χ2n) is 8.33. The van der Waals surface area contributed by atoms with E-state index in [1.165, 1.54) is 11.3 Å². The maximum Gasteiger partial charge on any atom is 0.317 e. The highest BCUT2D eigenvalue weighted by atomic mass is 35.5. The van der Waals surface area contributed by atoms with Crippen LogP contribution in [0.1, 0.15) is 43.4 Å². The van der Waals surface area contributed by atoms with Gasteiger partial charge in [0, 0.05) is 49.1 Å². The van der Waals surface area contributed by atoms with Crippen molar-refractivity contribution in [3.8, 4) is 5.69 Å². The van der Waals surface area contributed by atoms with Crippen molar-refractivity contribution in [2.75, 3.05) is 13.1 Å². The maximum atomic E-state index is 12.8. The van der Waals surface area contributed by atoms with E-state index < -0.39 is 0 Å². The Labute approximate surface area is 198 Å². The first-order valence-corrected chi connectivity index (χ1v) is 11.8. The Kier molecular flexibility index (Phi) is 7.52. The summed E-state index contributed by atoms with van der Waals surface area (Å²) in [6, 6.07) is 16.1. The fourth-order valence-corrected chi connectivity index (χ4v) is 4.74. The predicted octanol–water partition coefficient (Wildman–Crippen LogP) is 4.81. The lowest BCUT2D eigenvalue weighted by atomic mass is 10.0. The molecule has 3 aromatic rings. The number of carbonyl (C=O) groups is 2. The largest absolute Gasteiger partial charge is 0.338 e. The molecule has 7 nitrogen and oxygen atoms in total. The molecule has 3 amide bonds. The van der Waals surface area contributed by atoms with Gasteiger partial charge in [0.15, 0.2) is 0 Å². The van der Waals surface area contributed by atoms with Crippen molar-refractivity contribution < 1.29 is 14.8 Å². The minimum absolute atomic E-state index is 0.0464. The molecule has 0 unspecified atom stereocenters. The molecule has 33 heavy (non-hydrogen) atoms. The highest BCUT2D eigenvalue weighted by molar-refractivity contribution is 6.32. The van der Waals surface area contributed by atoms with Gasteiger partial charge >= 0.3 is 6.03 Å². The molecule has 0 fully saturated rings. The van der Waals surface area contributed by atoms with Crippen molar-refractivity contribution in [3.63, 3.8) is 0 Å². The minimum Gasteiger partial charge on any atom is -0.338 e. The minimum atomic E-state index is -0.358. The Hall–Kier alpha value is -3.03. The Morgan fingerprint density at radius 2 is 1.76 bits per heavy atom. The number of nitrogens with zero attached hydrogens (tertiary/aromatic N) is 2. The third-order valence-electron chi connectivity index (χ3n) is 6.17. The zero-order valence-corrected chi connectivity index (χ0v) is 19.3. The van der Waals surface area contributed by atoms with Gasteiger partial charge in [0.05, 0.1) is 16.2 Å². The van der Waals surface area contributed by atoms with E-state index in [1.807, 2.05) is 41.3 Å². The number of hydrogen-bond donors (Lipinski definition) is 3. The highest BCUT2D eigenvalue weighted by Crippen LogP contribution is 2.35. The van der Waals surface area contributed by atoms with Crippen LogP contribution in [0.4, 0.5) is 4.79 Å². The van der Waals surface area contributed by atoms with Crippen LogP contribution in [-0.4, -0.2) is 39.7 Å². The fourth-order valence-electron chi connectivity index (χ4n) is 4.52. The Morgan fingerprint density at radius 1 is 1.00 bits per heavy atom. The lowest BCUT2D eigenvalue weighted by molar-refractivity contribution is -0.129. The molecule has 4 rings (SSSR count). The van der Waals surface area contributed by atoms with Crippen molar-refractivity contribution in [2.24, 2.45) is 0 Å². The molecule has 2 aromatic carbocycles. The molecule has 0 spiro atoms. The second kappa shape index (κ2) is 10.7. The molecule has 174 valence electrons. The average Bonchev–Trinajstić information content (AvgIpc) is 3.17. The summed E-state index contributed by atoms with van der Waals surface area (Å²) in [4.78, 5) is 25.7. The molecule has 1 aromatic heterocycles. The van der Waals surface area contributed by atoms with Crippen molar-refractivity contribution in [1.29, 1.82) is 0 Å². The van der Waals surface area contributed by atoms with Gasteiger partial charge < -0.3 is 14.8 Å². The van der Waals surface area contributed by atoms with Gasteiger partial charge in [0.2, 0.25) is 5.91 Å². The van der Waals surface area contributed by atoms with Gasteiger partial charge in [-0.1, -0.05) is 54.8 Å². The summed E-state index contributed by atoms with van der Waals surface area (Å²) in [7, 11) is 0. The number of fused-ring (bicyclic) bond motifs is 3. The van der Waals surface area contributed by atoms with Crippen molar-refractivity contribution in [2.45, 2.75) is 45.1 Å². The van der Waals surface area contributed by atoms with Crippen LogP contribution in [0, 0.1) is 0 Å². The van der Waals surface area contributed by atoms with Crippen LogP contribution >= 0.6 is 11.6 Å². The van der Waals surface area contributed by atoms with Crippen molar-refractivity contribution in [3.05, 3.63) is 64.8 Å². The van der Waals surface area contributed by atoms with Gasteiger partial charge in [-0.15, -0.1) is 0 Å². The lowest BCUT2D eigenvalue weighted by Gasteiger charge is -2.28. The number of para-hydroxylation sites is 2. The SMILES string of the molecule is O=C(CCCCCCNC(=O)N1CCc2c(c3ccccc3n2-c2ccccc2Cl)C1)NO. The second-order valence-corrected chi connectivity index (χ2v) is 8.74. The van der Waals surface area contributed by atoms with Crippen molar-refractivity contribution in [1.82, 2.24) is 20.3 Å². The summed E-state index contributed by atoms with van der Waals surface area (Å²) in [5, 5.41) is 13.4. The molecule has 0 saturated carbocycles. The first-order valence-electron chi connectivity index (χ1n) is 11.4. The van der Waals surface area contributed by atoms with Crippen LogP contribution in [0.25, 0.3) is 16.6 Å². The van der Waals surface area contributed by atoms with E-state index in [9.17, 15) is 9.59 Å². The van der Waals surface area contributed by atoms with E-state index in [4.69, 9.17) is 16.8 Å². The first kappa shape index (κ1) is 23.1. The molecule has 3 N–H and O–H groups in total. The van der Waals surface area contributed by atoms with Crippen LogP contribution in [0.2, 0.25) is 5.02 Å². The summed E-state index contributed by atoms with van der Waals surface area (Å²) >= 11 is 6.54. The van der Waals surface area contributed by atoms with Gasteiger partial charge in [-0.25, -0.2) is 10.3 Å². The van der Waals surface area contributed by atoms with Crippen LogP contribution in [-0.2, 0) is 17.8 Å². The van der Waals surface area contributed by atoms with Gasteiger partial charge in [0.1, 0.15) is 0 Å². The fraction of sp³-hybridized carbons (Fsp3) is 0.360. The monoisotopic (exact) mass is 468 g/mol. The van der Waals surface area contributed by atoms with E-state index in [1.54, 1.807) is 5.48 Å². The number of nitrogens with one attached hydrogen (secondary N) is 2. The molecule has 0 aliphatic carbocycles.